The Morgan fingerprint density at radius 2 is 1.83 bits per heavy atom. The summed E-state index contributed by atoms with van der Waals surface area (Å²) in [7, 11) is 1.77. The molecule has 0 spiro atoms. The maximum atomic E-state index is 5.05. The molecule has 0 radical (unpaired) electrons. The summed E-state index contributed by atoms with van der Waals surface area (Å²) in [6.07, 6.45) is 4.78. The number of unbranched alkanes of at least 4 members (excludes halogenated alkanes) is 2. The third kappa shape index (κ3) is 5.65. The average molecular weight is 249 g/mol. The van der Waals surface area contributed by atoms with E-state index in [1.165, 1.54) is 30.4 Å². The first-order valence-electron chi connectivity index (χ1n) is 7.06. The summed E-state index contributed by atoms with van der Waals surface area (Å²) >= 11 is 0. The summed E-state index contributed by atoms with van der Waals surface area (Å²) in [5.74, 6) is 0. The molecule has 0 saturated carbocycles. The van der Waals surface area contributed by atoms with Crippen LogP contribution in [0.25, 0.3) is 0 Å². The molecule has 0 aliphatic heterocycles. The van der Waals surface area contributed by atoms with E-state index in [0.717, 1.165) is 19.6 Å². The van der Waals surface area contributed by atoms with E-state index in [-0.39, 0.29) is 0 Å². The maximum absolute atomic E-state index is 5.05. The lowest BCUT2D eigenvalue weighted by Crippen LogP contribution is -2.21. The number of hydrogen-bond acceptors (Lipinski definition) is 2. The van der Waals surface area contributed by atoms with Gasteiger partial charge in [0.1, 0.15) is 0 Å². The van der Waals surface area contributed by atoms with Crippen LogP contribution in [0.2, 0.25) is 0 Å². The first-order valence-corrected chi connectivity index (χ1v) is 7.06. The Labute approximate surface area is 112 Å². The van der Waals surface area contributed by atoms with E-state index in [4.69, 9.17) is 4.74 Å². The molecular weight excluding hydrogens is 222 g/mol. The number of hydrogen-bond donors (Lipinski definition) is 1. The minimum Gasteiger partial charge on any atom is -0.385 e. The lowest BCUT2D eigenvalue weighted by Gasteiger charge is -2.17. The highest BCUT2D eigenvalue weighted by atomic mass is 16.5. The molecule has 2 heteroatoms. The summed E-state index contributed by atoms with van der Waals surface area (Å²) in [5, 5.41) is 3.64. The second-order valence-corrected chi connectivity index (χ2v) is 4.88. The van der Waals surface area contributed by atoms with Crippen LogP contribution >= 0.6 is 0 Å². The molecule has 0 amide bonds. The van der Waals surface area contributed by atoms with Crippen molar-refractivity contribution in [2.24, 2.45) is 0 Å². The van der Waals surface area contributed by atoms with E-state index in [9.17, 15) is 0 Å². The van der Waals surface area contributed by atoms with Crippen LogP contribution < -0.4 is 5.32 Å². The van der Waals surface area contributed by atoms with Crippen LogP contribution in [0.3, 0.4) is 0 Å². The minimum atomic E-state index is 0.494. The molecule has 1 unspecified atom stereocenters. The van der Waals surface area contributed by atoms with E-state index in [2.05, 4.69) is 43.4 Å². The molecule has 2 nitrogen and oxygen atoms in total. The highest BCUT2D eigenvalue weighted by Gasteiger charge is 2.07. The van der Waals surface area contributed by atoms with Crippen molar-refractivity contribution in [3.8, 4) is 0 Å². The van der Waals surface area contributed by atoms with Crippen LogP contribution in [-0.2, 0) is 4.74 Å². The Hall–Kier alpha value is -0.860. The fourth-order valence-corrected chi connectivity index (χ4v) is 2.12. The Balaban J connectivity index is 2.27. The topological polar surface area (TPSA) is 21.3 Å². The Kier molecular flexibility index (Phi) is 7.70. The molecule has 1 atom stereocenters. The first-order chi connectivity index (χ1) is 8.77. The van der Waals surface area contributed by atoms with Crippen molar-refractivity contribution in [3.05, 3.63) is 35.4 Å². The highest BCUT2D eigenvalue weighted by Crippen LogP contribution is 2.17. The predicted molar refractivity (Wildman–Crippen MR) is 77.9 cm³/mol. The van der Waals surface area contributed by atoms with Gasteiger partial charge in [0.15, 0.2) is 0 Å². The van der Waals surface area contributed by atoms with Crippen molar-refractivity contribution in [2.75, 3.05) is 20.3 Å². The standard InChI is InChI=1S/C16H27NO/c1-4-16(15-10-8-14(2)9-11-15)17-12-6-5-7-13-18-3/h8-11,16-17H,4-7,12-13H2,1-3H3. The van der Waals surface area contributed by atoms with E-state index in [0.29, 0.717) is 6.04 Å². The molecule has 1 N–H and O–H groups in total. The second kappa shape index (κ2) is 9.12. The quantitative estimate of drug-likeness (QED) is 0.671. The summed E-state index contributed by atoms with van der Waals surface area (Å²) in [4.78, 5) is 0. The molecule has 1 rings (SSSR count). The summed E-state index contributed by atoms with van der Waals surface area (Å²) in [5.41, 5.74) is 2.73. The monoisotopic (exact) mass is 249 g/mol. The molecule has 1 aromatic rings. The van der Waals surface area contributed by atoms with Gasteiger partial charge in [-0.2, -0.15) is 0 Å². The van der Waals surface area contributed by atoms with Gasteiger partial charge in [-0.05, 0) is 44.7 Å². The zero-order valence-corrected chi connectivity index (χ0v) is 12.0. The van der Waals surface area contributed by atoms with Crippen molar-refractivity contribution in [1.29, 1.82) is 0 Å². The number of nitrogens with one attached hydrogen (secondary N) is 1. The highest BCUT2D eigenvalue weighted by molar-refractivity contribution is 5.23. The van der Waals surface area contributed by atoms with Crippen LogP contribution in [0, 0.1) is 6.92 Å². The van der Waals surface area contributed by atoms with Crippen molar-refractivity contribution in [1.82, 2.24) is 5.32 Å². The predicted octanol–water partition coefficient (Wildman–Crippen LogP) is 3.85. The Bertz CT molecular complexity index is 307. The van der Waals surface area contributed by atoms with Gasteiger partial charge in [-0.15, -0.1) is 0 Å². The van der Waals surface area contributed by atoms with E-state index < -0.39 is 0 Å². The molecule has 18 heavy (non-hydrogen) atoms. The smallest absolute Gasteiger partial charge is 0.0462 e. The van der Waals surface area contributed by atoms with Crippen molar-refractivity contribution in [3.63, 3.8) is 0 Å². The van der Waals surface area contributed by atoms with Gasteiger partial charge >= 0.3 is 0 Å². The lowest BCUT2D eigenvalue weighted by atomic mass is 10.0. The third-order valence-electron chi connectivity index (χ3n) is 3.30. The largest absolute Gasteiger partial charge is 0.385 e. The summed E-state index contributed by atoms with van der Waals surface area (Å²) in [6, 6.07) is 9.35. The van der Waals surface area contributed by atoms with Gasteiger partial charge in [0, 0.05) is 19.8 Å². The van der Waals surface area contributed by atoms with Crippen LogP contribution in [-0.4, -0.2) is 20.3 Å². The van der Waals surface area contributed by atoms with Gasteiger partial charge in [-0.3, -0.25) is 0 Å². The van der Waals surface area contributed by atoms with Gasteiger partial charge in [0.05, 0.1) is 0 Å². The van der Waals surface area contributed by atoms with E-state index >= 15 is 0 Å². The molecule has 0 aromatic heterocycles. The number of aryl methyl sites for hydroxylation is 1. The van der Waals surface area contributed by atoms with Crippen LogP contribution in [0.15, 0.2) is 24.3 Å². The van der Waals surface area contributed by atoms with Crippen molar-refractivity contribution < 1.29 is 4.74 Å². The fraction of sp³-hybridized carbons (Fsp3) is 0.625. The Morgan fingerprint density at radius 3 is 2.44 bits per heavy atom. The lowest BCUT2D eigenvalue weighted by molar-refractivity contribution is 0.192. The van der Waals surface area contributed by atoms with Crippen LogP contribution in [0.5, 0.6) is 0 Å². The van der Waals surface area contributed by atoms with Gasteiger partial charge in [-0.1, -0.05) is 36.8 Å². The average Bonchev–Trinajstić information content (AvgIpc) is 2.39. The Morgan fingerprint density at radius 1 is 1.11 bits per heavy atom. The molecule has 0 fully saturated rings. The normalized spacial score (nSPS) is 12.6. The molecule has 0 saturated heterocycles. The minimum absolute atomic E-state index is 0.494. The molecule has 102 valence electrons. The zero-order chi connectivity index (χ0) is 13.2. The maximum Gasteiger partial charge on any atom is 0.0462 e. The molecule has 0 aliphatic rings. The van der Waals surface area contributed by atoms with Crippen molar-refractivity contribution >= 4 is 0 Å². The number of methoxy groups -OCH3 is 1. The second-order valence-electron chi connectivity index (χ2n) is 4.88. The van der Waals surface area contributed by atoms with Crippen LogP contribution in [0.1, 0.15) is 49.8 Å². The summed E-state index contributed by atoms with van der Waals surface area (Å²) < 4.78 is 5.05. The van der Waals surface area contributed by atoms with Gasteiger partial charge in [0.2, 0.25) is 0 Å². The number of ether oxygens (including phenoxy) is 1. The number of rotatable bonds is 9. The molecule has 0 aliphatic carbocycles. The van der Waals surface area contributed by atoms with E-state index in [1.807, 2.05) is 0 Å². The molecule has 0 heterocycles. The molecule has 0 bridgehead atoms. The zero-order valence-electron chi connectivity index (χ0n) is 12.0. The first kappa shape index (κ1) is 15.2. The van der Waals surface area contributed by atoms with Gasteiger partial charge in [-0.25, -0.2) is 0 Å². The van der Waals surface area contributed by atoms with E-state index in [1.54, 1.807) is 7.11 Å². The van der Waals surface area contributed by atoms with Crippen molar-refractivity contribution in [2.45, 2.75) is 45.6 Å². The third-order valence-corrected chi connectivity index (χ3v) is 3.30. The SMILES string of the molecule is CCC(NCCCCCOC)c1ccc(C)cc1. The number of benzene rings is 1. The summed E-state index contributed by atoms with van der Waals surface area (Å²) in [6.45, 7) is 6.35. The van der Waals surface area contributed by atoms with Crippen LogP contribution in [0.4, 0.5) is 0 Å². The molecular formula is C16H27NO. The molecule has 1 aromatic carbocycles. The van der Waals surface area contributed by atoms with Gasteiger partial charge < -0.3 is 10.1 Å². The fourth-order valence-electron chi connectivity index (χ4n) is 2.12. The van der Waals surface area contributed by atoms with Gasteiger partial charge in [0.25, 0.3) is 0 Å².